The van der Waals surface area contributed by atoms with Crippen LogP contribution in [-0.4, -0.2) is 19.1 Å². The maximum absolute atomic E-state index is 12.1. The first kappa shape index (κ1) is 19.1. The van der Waals surface area contributed by atoms with Gasteiger partial charge in [-0.2, -0.15) is 0 Å². The summed E-state index contributed by atoms with van der Waals surface area (Å²) in [6.45, 7) is 4.90. The van der Waals surface area contributed by atoms with Crippen LogP contribution in [0.15, 0.2) is 48.5 Å². The standard InChI is InChI=1S/C20H24ClNO3/c1-3-24-18-11-6-7-12-19(18)25-14-8-13-20(23)22-15(2)16-9-4-5-10-17(16)21/h4-7,9-12,15H,3,8,13-14H2,1-2H3,(H,22,23)/t15-/m0/s1. The molecule has 134 valence electrons. The molecule has 0 fully saturated rings. The van der Waals surface area contributed by atoms with Crippen LogP contribution in [-0.2, 0) is 4.79 Å². The van der Waals surface area contributed by atoms with Gasteiger partial charge in [0.05, 0.1) is 19.3 Å². The second-order valence-electron chi connectivity index (χ2n) is 5.64. The molecule has 1 amide bonds. The van der Waals surface area contributed by atoms with Crippen molar-refractivity contribution in [3.63, 3.8) is 0 Å². The Balaban J connectivity index is 1.75. The van der Waals surface area contributed by atoms with Crippen molar-refractivity contribution in [2.45, 2.75) is 32.7 Å². The smallest absolute Gasteiger partial charge is 0.220 e. The fourth-order valence-electron chi connectivity index (χ4n) is 2.48. The van der Waals surface area contributed by atoms with Crippen molar-refractivity contribution in [2.24, 2.45) is 0 Å². The average molecular weight is 362 g/mol. The van der Waals surface area contributed by atoms with Gasteiger partial charge in [-0.25, -0.2) is 0 Å². The normalized spacial score (nSPS) is 11.6. The largest absolute Gasteiger partial charge is 0.490 e. The molecule has 0 saturated heterocycles. The summed E-state index contributed by atoms with van der Waals surface area (Å²) in [6.07, 6.45) is 1.02. The third-order valence-corrected chi connectivity index (χ3v) is 4.05. The van der Waals surface area contributed by atoms with Crippen LogP contribution in [0.1, 0.15) is 38.3 Å². The lowest BCUT2D eigenvalue weighted by atomic mass is 10.1. The lowest BCUT2D eigenvalue weighted by Gasteiger charge is -2.16. The summed E-state index contributed by atoms with van der Waals surface area (Å²) in [5.41, 5.74) is 0.916. The van der Waals surface area contributed by atoms with Crippen LogP contribution in [0, 0.1) is 0 Å². The lowest BCUT2D eigenvalue weighted by Crippen LogP contribution is -2.26. The summed E-state index contributed by atoms with van der Waals surface area (Å²) in [4.78, 5) is 12.1. The predicted octanol–water partition coefficient (Wildman–Crippen LogP) is 4.78. The number of benzene rings is 2. The van der Waals surface area contributed by atoms with E-state index in [1.54, 1.807) is 0 Å². The predicted molar refractivity (Wildman–Crippen MR) is 100 cm³/mol. The molecule has 0 heterocycles. The van der Waals surface area contributed by atoms with E-state index in [9.17, 15) is 4.79 Å². The summed E-state index contributed by atoms with van der Waals surface area (Å²) in [6, 6.07) is 14.9. The van der Waals surface area contributed by atoms with Gasteiger partial charge < -0.3 is 14.8 Å². The van der Waals surface area contributed by atoms with E-state index in [0.717, 1.165) is 11.3 Å². The van der Waals surface area contributed by atoms with Gasteiger partial charge in [-0.1, -0.05) is 41.9 Å². The topological polar surface area (TPSA) is 47.6 Å². The van der Waals surface area contributed by atoms with Crippen molar-refractivity contribution in [1.29, 1.82) is 0 Å². The fourth-order valence-corrected chi connectivity index (χ4v) is 2.78. The number of halogens is 1. The van der Waals surface area contributed by atoms with E-state index in [1.165, 1.54) is 0 Å². The van der Waals surface area contributed by atoms with Crippen LogP contribution in [0.25, 0.3) is 0 Å². The zero-order valence-corrected chi connectivity index (χ0v) is 15.4. The maximum atomic E-state index is 12.1. The van der Waals surface area contributed by atoms with Gasteiger partial charge in [-0.05, 0) is 44.0 Å². The average Bonchev–Trinajstić information content (AvgIpc) is 2.60. The molecule has 2 rings (SSSR count). The SMILES string of the molecule is CCOc1ccccc1OCCCC(=O)N[C@@H](C)c1ccccc1Cl. The van der Waals surface area contributed by atoms with Crippen LogP contribution >= 0.6 is 11.6 Å². The van der Waals surface area contributed by atoms with Crippen LogP contribution in [0.3, 0.4) is 0 Å². The molecule has 1 atom stereocenters. The van der Waals surface area contributed by atoms with E-state index in [0.29, 0.717) is 36.8 Å². The molecular weight excluding hydrogens is 338 g/mol. The number of rotatable bonds is 9. The molecule has 5 heteroatoms. The maximum Gasteiger partial charge on any atom is 0.220 e. The minimum atomic E-state index is -0.124. The highest BCUT2D eigenvalue weighted by atomic mass is 35.5. The fraction of sp³-hybridized carbons (Fsp3) is 0.350. The van der Waals surface area contributed by atoms with E-state index >= 15 is 0 Å². The first-order chi connectivity index (χ1) is 12.1. The van der Waals surface area contributed by atoms with Crippen LogP contribution in [0.5, 0.6) is 11.5 Å². The lowest BCUT2D eigenvalue weighted by molar-refractivity contribution is -0.121. The number of ether oxygens (including phenoxy) is 2. The Morgan fingerprint density at radius 3 is 2.40 bits per heavy atom. The summed E-state index contributed by atoms with van der Waals surface area (Å²) >= 11 is 6.15. The van der Waals surface area contributed by atoms with E-state index in [4.69, 9.17) is 21.1 Å². The zero-order chi connectivity index (χ0) is 18.1. The molecule has 2 aromatic carbocycles. The molecule has 0 aromatic heterocycles. The van der Waals surface area contributed by atoms with Gasteiger partial charge in [-0.3, -0.25) is 4.79 Å². The summed E-state index contributed by atoms with van der Waals surface area (Å²) in [5, 5.41) is 3.62. The van der Waals surface area contributed by atoms with Crippen molar-refractivity contribution in [3.05, 3.63) is 59.1 Å². The van der Waals surface area contributed by atoms with Gasteiger partial charge in [0.15, 0.2) is 11.5 Å². The molecule has 4 nitrogen and oxygen atoms in total. The van der Waals surface area contributed by atoms with Gasteiger partial charge in [0.25, 0.3) is 0 Å². The number of para-hydroxylation sites is 2. The third kappa shape index (κ3) is 5.98. The summed E-state index contributed by atoms with van der Waals surface area (Å²) in [5.74, 6) is 1.41. The Morgan fingerprint density at radius 2 is 1.72 bits per heavy atom. The number of amides is 1. The Hall–Kier alpha value is -2.20. The molecule has 0 aliphatic heterocycles. The van der Waals surface area contributed by atoms with E-state index in [1.807, 2.05) is 62.4 Å². The second-order valence-corrected chi connectivity index (χ2v) is 6.05. The Bertz CT molecular complexity index is 690. The molecule has 0 spiro atoms. The van der Waals surface area contributed by atoms with E-state index < -0.39 is 0 Å². The molecular formula is C20H24ClNO3. The van der Waals surface area contributed by atoms with Gasteiger partial charge in [-0.15, -0.1) is 0 Å². The van der Waals surface area contributed by atoms with Crippen LogP contribution in [0.4, 0.5) is 0 Å². The molecule has 25 heavy (non-hydrogen) atoms. The van der Waals surface area contributed by atoms with Gasteiger partial charge >= 0.3 is 0 Å². The zero-order valence-electron chi connectivity index (χ0n) is 14.6. The number of hydrogen-bond donors (Lipinski definition) is 1. The van der Waals surface area contributed by atoms with E-state index in [2.05, 4.69) is 5.32 Å². The molecule has 0 aliphatic rings. The monoisotopic (exact) mass is 361 g/mol. The molecule has 1 N–H and O–H groups in total. The van der Waals surface area contributed by atoms with Gasteiger partial charge in [0.1, 0.15) is 0 Å². The van der Waals surface area contributed by atoms with Crippen molar-refractivity contribution in [3.8, 4) is 11.5 Å². The number of nitrogens with one attached hydrogen (secondary N) is 1. The summed E-state index contributed by atoms with van der Waals surface area (Å²) in [7, 11) is 0. The Morgan fingerprint density at radius 1 is 1.08 bits per heavy atom. The number of hydrogen-bond acceptors (Lipinski definition) is 3. The first-order valence-corrected chi connectivity index (χ1v) is 8.88. The first-order valence-electron chi connectivity index (χ1n) is 8.50. The van der Waals surface area contributed by atoms with Gasteiger partial charge in [0, 0.05) is 11.4 Å². The van der Waals surface area contributed by atoms with Crippen LogP contribution < -0.4 is 14.8 Å². The second kappa shape index (κ2) is 9.94. The number of carbonyl (C=O) groups excluding carboxylic acids is 1. The molecule has 0 bridgehead atoms. The molecule has 0 radical (unpaired) electrons. The van der Waals surface area contributed by atoms with Crippen molar-refractivity contribution in [2.75, 3.05) is 13.2 Å². The highest BCUT2D eigenvalue weighted by Crippen LogP contribution is 2.26. The van der Waals surface area contributed by atoms with E-state index in [-0.39, 0.29) is 11.9 Å². The Kier molecular flexibility index (Phi) is 7.61. The van der Waals surface area contributed by atoms with Crippen molar-refractivity contribution in [1.82, 2.24) is 5.32 Å². The number of carbonyl (C=O) groups is 1. The highest BCUT2D eigenvalue weighted by molar-refractivity contribution is 6.31. The minimum absolute atomic E-state index is 0.0193. The van der Waals surface area contributed by atoms with Gasteiger partial charge in [0.2, 0.25) is 5.91 Å². The van der Waals surface area contributed by atoms with Crippen molar-refractivity contribution >= 4 is 17.5 Å². The molecule has 0 saturated carbocycles. The minimum Gasteiger partial charge on any atom is -0.490 e. The highest BCUT2D eigenvalue weighted by Gasteiger charge is 2.12. The Labute approximate surface area is 154 Å². The summed E-state index contributed by atoms with van der Waals surface area (Å²) < 4.78 is 11.2. The quantitative estimate of drug-likeness (QED) is 0.654. The molecule has 2 aromatic rings. The van der Waals surface area contributed by atoms with Crippen LogP contribution in [0.2, 0.25) is 5.02 Å². The molecule has 0 unspecified atom stereocenters. The third-order valence-electron chi connectivity index (χ3n) is 3.70. The van der Waals surface area contributed by atoms with Crippen molar-refractivity contribution < 1.29 is 14.3 Å². The molecule has 0 aliphatic carbocycles.